The standard InChI is InChI=1S/C20H24N4O3/c1-25-17-7-6-16(18(26-2)19(17)27-3)14-23-9-11-24(12-10-23)20-15(13-21)5-4-8-22-20/h4-8H,9-12,14H2,1-3H3. The van der Waals surface area contributed by atoms with Gasteiger partial charge in [0.15, 0.2) is 11.5 Å². The first-order valence-corrected chi connectivity index (χ1v) is 8.82. The molecule has 0 aliphatic carbocycles. The lowest BCUT2D eigenvalue weighted by Crippen LogP contribution is -2.46. The van der Waals surface area contributed by atoms with E-state index in [0.717, 1.165) is 44.1 Å². The Morgan fingerprint density at radius 1 is 1.00 bits per heavy atom. The van der Waals surface area contributed by atoms with Crippen molar-refractivity contribution in [2.24, 2.45) is 0 Å². The van der Waals surface area contributed by atoms with Gasteiger partial charge < -0.3 is 19.1 Å². The Hall–Kier alpha value is -2.98. The van der Waals surface area contributed by atoms with Crippen molar-refractivity contribution in [2.75, 3.05) is 52.4 Å². The van der Waals surface area contributed by atoms with Crippen LogP contribution in [-0.2, 0) is 6.54 Å². The summed E-state index contributed by atoms with van der Waals surface area (Å²) in [6, 6.07) is 9.74. The molecule has 1 aromatic heterocycles. The van der Waals surface area contributed by atoms with E-state index in [2.05, 4.69) is 20.9 Å². The van der Waals surface area contributed by atoms with Gasteiger partial charge >= 0.3 is 0 Å². The fourth-order valence-corrected chi connectivity index (χ4v) is 3.38. The summed E-state index contributed by atoms with van der Waals surface area (Å²) >= 11 is 0. The number of hydrogen-bond acceptors (Lipinski definition) is 7. The number of anilines is 1. The lowest BCUT2D eigenvalue weighted by molar-refractivity contribution is 0.243. The van der Waals surface area contributed by atoms with Crippen LogP contribution in [0.25, 0.3) is 0 Å². The highest BCUT2D eigenvalue weighted by atomic mass is 16.5. The Balaban J connectivity index is 1.70. The zero-order chi connectivity index (χ0) is 19.2. The Bertz CT molecular complexity index is 826. The highest BCUT2D eigenvalue weighted by Crippen LogP contribution is 2.40. The number of pyridine rings is 1. The quantitative estimate of drug-likeness (QED) is 0.775. The SMILES string of the molecule is COc1ccc(CN2CCN(c3ncccc3C#N)CC2)c(OC)c1OC. The molecule has 0 unspecified atom stereocenters. The number of methoxy groups -OCH3 is 3. The van der Waals surface area contributed by atoms with Crippen LogP contribution in [0.2, 0.25) is 0 Å². The van der Waals surface area contributed by atoms with Crippen LogP contribution in [0.4, 0.5) is 5.82 Å². The molecule has 1 aliphatic heterocycles. The van der Waals surface area contributed by atoms with Crippen LogP contribution in [0.5, 0.6) is 17.2 Å². The third kappa shape index (κ3) is 3.91. The number of piperazine rings is 1. The molecule has 1 aromatic carbocycles. The van der Waals surface area contributed by atoms with E-state index in [4.69, 9.17) is 14.2 Å². The van der Waals surface area contributed by atoms with E-state index in [-0.39, 0.29) is 0 Å². The van der Waals surface area contributed by atoms with Gasteiger partial charge in [-0.25, -0.2) is 4.98 Å². The molecule has 1 aliphatic rings. The zero-order valence-corrected chi connectivity index (χ0v) is 15.9. The number of rotatable bonds is 6. The number of ether oxygens (including phenoxy) is 3. The first-order chi connectivity index (χ1) is 13.2. The van der Waals surface area contributed by atoms with Crippen LogP contribution >= 0.6 is 0 Å². The molecule has 3 rings (SSSR count). The van der Waals surface area contributed by atoms with Crippen molar-refractivity contribution in [1.29, 1.82) is 5.26 Å². The molecule has 0 atom stereocenters. The van der Waals surface area contributed by atoms with Crippen LogP contribution in [0.15, 0.2) is 30.5 Å². The monoisotopic (exact) mass is 368 g/mol. The fourth-order valence-electron chi connectivity index (χ4n) is 3.38. The second-order valence-electron chi connectivity index (χ2n) is 6.24. The van der Waals surface area contributed by atoms with E-state index in [1.165, 1.54) is 0 Å². The predicted octanol–water partition coefficient (Wildman–Crippen LogP) is 2.30. The third-order valence-electron chi connectivity index (χ3n) is 4.76. The molecule has 7 heteroatoms. The zero-order valence-electron chi connectivity index (χ0n) is 15.9. The second-order valence-corrected chi connectivity index (χ2v) is 6.24. The molecular weight excluding hydrogens is 344 g/mol. The second kappa shape index (κ2) is 8.60. The molecular formula is C20H24N4O3. The minimum atomic E-state index is 0.614. The first kappa shape index (κ1) is 18.8. The molecule has 2 heterocycles. The lowest BCUT2D eigenvalue weighted by Gasteiger charge is -2.36. The summed E-state index contributed by atoms with van der Waals surface area (Å²) < 4.78 is 16.4. The van der Waals surface area contributed by atoms with Crippen molar-refractivity contribution in [3.05, 3.63) is 41.6 Å². The van der Waals surface area contributed by atoms with Gasteiger partial charge in [-0.3, -0.25) is 4.90 Å². The largest absolute Gasteiger partial charge is 0.493 e. The number of benzene rings is 1. The van der Waals surface area contributed by atoms with Gasteiger partial charge in [0.25, 0.3) is 0 Å². The highest BCUT2D eigenvalue weighted by molar-refractivity contribution is 5.56. The van der Waals surface area contributed by atoms with Gasteiger partial charge in [-0.2, -0.15) is 5.26 Å². The molecule has 27 heavy (non-hydrogen) atoms. The maximum atomic E-state index is 9.28. The number of nitrogens with zero attached hydrogens (tertiary/aromatic N) is 4. The Kier molecular flexibility index (Phi) is 5.99. The van der Waals surface area contributed by atoms with E-state index in [0.29, 0.717) is 22.8 Å². The predicted molar refractivity (Wildman–Crippen MR) is 103 cm³/mol. The molecule has 2 aromatic rings. The van der Waals surface area contributed by atoms with Gasteiger partial charge in [0.2, 0.25) is 5.75 Å². The molecule has 0 spiro atoms. The molecule has 0 amide bonds. The number of aromatic nitrogens is 1. The maximum Gasteiger partial charge on any atom is 0.203 e. The van der Waals surface area contributed by atoms with E-state index in [1.54, 1.807) is 33.6 Å². The van der Waals surface area contributed by atoms with Gasteiger partial charge in [0.05, 0.1) is 26.9 Å². The van der Waals surface area contributed by atoms with Crippen LogP contribution in [0, 0.1) is 11.3 Å². The summed E-state index contributed by atoms with van der Waals surface area (Å²) in [6.07, 6.45) is 1.73. The molecule has 0 bridgehead atoms. The molecule has 0 saturated carbocycles. The minimum Gasteiger partial charge on any atom is -0.493 e. The average Bonchev–Trinajstić information content (AvgIpc) is 2.73. The fraction of sp³-hybridized carbons (Fsp3) is 0.400. The Morgan fingerprint density at radius 3 is 2.37 bits per heavy atom. The van der Waals surface area contributed by atoms with Crippen molar-refractivity contribution in [3.8, 4) is 23.3 Å². The minimum absolute atomic E-state index is 0.614. The van der Waals surface area contributed by atoms with Crippen molar-refractivity contribution in [3.63, 3.8) is 0 Å². The molecule has 7 nitrogen and oxygen atoms in total. The molecule has 1 fully saturated rings. The molecule has 0 radical (unpaired) electrons. The summed E-state index contributed by atoms with van der Waals surface area (Å²) in [5, 5.41) is 9.28. The van der Waals surface area contributed by atoms with Crippen LogP contribution in [0.1, 0.15) is 11.1 Å². The van der Waals surface area contributed by atoms with E-state index in [9.17, 15) is 5.26 Å². The van der Waals surface area contributed by atoms with E-state index < -0.39 is 0 Å². The van der Waals surface area contributed by atoms with E-state index in [1.807, 2.05) is 18.2 Å². The number of nitriles is 1. The van der Waals surface area contributed by atoms with Crippen molar-refractivity contribution in [1.82, 2.24) is 9.88 Å². The molecule has 142 valence electrons. The van der Waals surface area contributed by atoms with Crippen LogP contribution in [0.3, 0.4) is 0 Å². The summed E-state index contributed by atoms with van der Waals surface area (Å²) in [7, 11) is 4.87. The summed E-state index contributed by atoms with van der Waals surface area (Å²) in [5.74, 6) is 2.74. The van der Waals surface area contributed by atoms with E-state index >= 15 is 0 Å². The van der Waals surface area contributed by atoms with Crippen molar-refractivity contribution < 1.29 is 14.2 Å². The first-order valence-electron chi connectivity index (χ1n) is 8.82. The Morgan fingerprint density at radius 2 is 1.74 bits per heavy atom. The Labute approximate surface area is 159 Å². The van der Waals surface area contributed by atoms with Crippen LogP contribution < -0.4 is 19.1 Å². The topological polar surface area (TPSA) is 70.9 Å². The van der Waals surface area contributed by atoms with Gasteiger partial charge in [0, 0.05) is 44.5 Å². The van der Waals surface area contributed by atoms with Gasteiger partial charge in [0.1, 0.15) is 11.9 Å². The van der Waals surface area contributed by atoms with Crippen molar-refractivity contribution in [2.45, 2.75) is 6.54 Å². The maximum absolute atomic E-state index is 9.28. The van der Waals surface area contributed by atoms with Crippen LogP contribution in [-0.4, -0.2) is 57.4 Å². The summed E-state index contributed by atoms with van der Waals surface area (Å²) in [6.45, 7) is 4.14. The molecule has 0 N–H and O–H groups in total. The van der Waals surface area contributed by atoms with Crippen molar-refractivity contribution >= 4 is 5.82 Å². The lowest BCUT2D eigenvalue weighted by atomic mass is 10.1. The van der Waals surface area contributed by atoms with Gasteiger partial charge in [-0.05, 0) is 18.2 Å². The molecule has 1 saturated heterocycles. The third-order valence-corrected chi connectivity index (χ3v) is 4.76. The highest BCUT2D eigenvalue weighted by Gasteiger charge is 2.23. The summed E-state index contributed by atoms with van der Waals surface area (Å²) in [4.78, 5) is 8.91. The smallest absolute Gasteiger partial charge is 0.203 e. The van der Waals surface area contributed by atoms with Gasteiger partial charge in [-0.15, -0.1) is 0 Å². The summed E-state index contributed by atoms with van der Waals surface area (Å²) in [5.41, 5.74) is 1.67. The average molecular weight is 368 g/mol. The van der Waals surface area contributed by atoms with Gasteiger partial charge in [-0.1, -0.05) is 6.07 Å². The number of hydrogen-bond donors (Lipinski definition) is 0. The normalized spacial score (nSPS) is 14.5.